The Labute approximate surface area is 100 Å². The van der Waals surface area contributed by atoms with Crippen LogP contribution >= 0.6 is 11.8 Å². The molecule has 0 aliphatic carbocycles. The minimum absolute atomic E-state index is 0.100. The first-order chi connectivity index (χ1) is 7.45. The van der Waals surface area contributed by atoms with E-state index in [0.717, 1.165) is 10.7 Å². The zero-order valence-corrected chi connectivity index (χ0v) is 11.1. The average molecular weight is 239 g/mol. The summed E-state index contributed by atoms with van der Waals surface area (Å²) in [7, 11) is 0. The largest absolute Gasteiger partial charge is 0.350 e. The molecule has 1 rings (SSSR count). The molecule has 0 aromatic carbocycles. The van der Waals surface area contributed by atoms with Crippen molar-refractivity contribution in [3.63, 3.8) is 0 Å². The highest BCUT2D eigenvalue weighted by atomic mass is 32.2. The van der Waals surface area contributed by atoms with Crippen LogP contribution in [0.3, 0.4) is 0 Å². The predicted octanol–water partition coefficient (Wildman–Crippen LogP) is 1.95. The Morgan fingerprint density at radius 3 is 2.44 bits per heavy atom. The van der Waals surface area contributed by atoms with Crippen molar-refractivity contribution in [3.05, 3.63) is 17.1 Å². The summed E-state index contributed by atoms with van der Waals surface area (Å²) in [6.45, 7) is 7.53. The van der Waals surface area contributed by atoms with Crippen LogP contribution in [0, 0.1) is 13.8 Å². The Bertz CT molecular complexity index is 404. The van der Waals surface area contributed by atoms with Gasteiger partial charge >= 0.3 is 0 Å². The zero-order valence-electron chi connectivity index (χ0n) is 10.3. The molecule has 1 aromatic rings. The molecular formula is C11H17N3OS. The topological polar surface area (TPSA) is 54.9 Å². The van der Waals surface area contributed by atoms with E-state index in [1.165, 1.54) is 11.8 Å². The Balaban J connectivity index is 3.16. The summed E-state index contributed by atoms with van der Waals surface area (Å²) in [4.78, 5) is 20.5. The molecule has 0 aliphatic rings. The maximum atomic E-state index is 12.0. The van der Waals surface area contributed by atoms with Gasteiger partial charge in [0, 0.05) is 6.04 Å². The van der Waals surface area contributed by atoms with Crippen LogP contribution in [0.4, 0.5) is 0 Å². The van der Waals surface area contributed by atoms with Crippen LogP contribution in [0.5, 0.6) is 0 Å². The molecule has 1 amide bonds. The number of amides is 1. The van der Waals surface area contributed by atoms with Crippen molar-refractivity contribution in [2.24, 2.45) is 0 Å². The number of hydrogen-bond acceptors (Lipinski definition) is 4. The molecule has 0 radical (unpaired) electrons. The first kappa shape index (κ1) is 13.0. The molecule has 1 heterocycles. The van der Waals surface area contributed by atoms with Crippen molar-refractivity contribution in [1.29, 1.82) is 0 Å². The number of thioether (sulfide) groups is 1. The van der Waals surface area contributed by atoms with E-state index >= 15 is 0 Å². The van der Waals surface area contributed by atoms with Crippen LogP contribution in [0.2, 0.25) is 0 Å². The predicted molar refractivity (Wildman–Crippen MR) is 65.9 cm³/mol. The third-order valence-corrected chi connectivity index (χ3v) is 2.69. The first-order valence-electron chi connectivity index (χ1n) is 5.15. The fraction of sp³-hybridized carbons (Fsp3) is 0.545. The van der Waals surface area contributed by atoms with Crippen molar-refractivity contribution < 1.29 is 4.79 Å². The minimum Gasteiger partial charge on any atom is -0.350 e. The van der Waals surface area contributed by atoms with Crippen LogP contribution in [0.25, 0.3) is 0 Å². The lowest BCUT2D eigenvalue weighted by Gasteiger charge is -2.12. The Morgan fingerprint density at radius 1 is 1.31 bits per heavy atom. The second-order valence-corrected chi connectivity index (χ2v) is 4.66. The third-order valence-electron chi connectivity index (χ3n) is 2.01. The number of aryl methyl sites for hydroxylation is 2. The van der Waals surface area contributed by atoms with Gasteiger partial charge in [0.15, 0.2) is 0 Å². The van der Waals surface area contributed by atoms with Crippen LogP contribution in [-0.2, 0) is 0 Å². The third kappa shape index (κ3) is 2.95. The zero-order chi connectivity index (χ0) is 12.3. The molecule has 0 aliphatic heterocycles. The SMILES string of the molecule is CSc1nc(C)nc(C)c1C(=O)NC(C)C. The standard InChI is InChI=1S/C11H17N3OS/c1-6(2)12-10(15)9-7(3)13-8(4)14-11(9)16-5/h6H,1-5H3,(H,12,15). The lowest BCUT2D eigenvalue weighted by Crippen LogP contribution is -2.31. The van der Waals surface area contributed by atoms with Crippen LogP contribution < -0.4 is 5.32 Å². The van der Waals surface area contributed by atoms with Crippen LogP contribution in [0.1, 0.15) is 35.7 Å². The second kappa shape index (κ2) is 5.30. The maximum absolute atomic E-state index is 12.0. The fourth-order valence-corrected chi connectivity index (χ4v) is 2.09. The van der Waals surface area contributed by atoms with Gasteiger partial charge in [0.25, 0.3) is 5.91 Å². The molecule has 4 nitrogen and oxygen atoms in total. The van der Waals surface area contributed by atoms with Gasteiger partial charge in [-0.2, -0.15) is 0 Å². The number of hydrogen-bond donors (Lipinski definition) is 1. The second-order valence-electron chi connectivity index (χ2n) is 3.87. The summed E-state index contributed by atoms with van der Waals surface area (Å²) in [6, 6.07) is 0.114. The maximum Gasteiger partial charge on any atom is 0.256 e. The molecule has 16 heavy (non-hydrogen) atoms. The van der Waals surface area contributed by atoms with Crippen molar-refractivity contribution in [1.82, 2.24) is 15.3 Å². The number of nitrogens with zero attached hydrogens (tertiary/aromatic N) is 2. The van der Waals surface area contributed by atoms with Gasteiger partial charge in [0.2, 0.25) is 0 Å². The van der Waals surface area contributed by atoms with E-state index in [1.54, 1.807) is 0 Å². The summed E-state index contributed by atoms with van der Waals surface area (Å²) >= 11 is 1.47. The smallest absolute Gasteiger partial charge is 0.256 e. The van der Waals surface area contributed by atoms with Crippen molar-refractivity contribution in [3.8, 4) is 0 Å². The van der Waals surface area contributed by atoms with E-state index in [4.69, 9.17) is 0 Å². The van der Waals surface area contributed by atoms with Crippen molar-refractivity contribution >= 4 is 17.7 Å². The van der Waals surface area contributed by atoms with Gasteiger partial charge in [0.1, 0.15) is 10.9 Å². The lowest BCUT2D eigenvalue weighted by molar-refractivity contribution is 0.0938. The van der Waals surface area contributed by atoms with Gasteiger partial charge in [-0.1, -0.05) is 0 Å². The quantitative estimate of drug-likeness (QED) is 0.647. The van der Waals surface area contributed by atoms with Gasteiger partial charge < -0.3 is 5.32 Å². The molecule has 0 saturated carbocycles. The molecule has 1 N–H and O–H groups in total. The molecule has 0 bridgehead atoms. The van der Waals surface area contributed by atoms with E-state index in [1.807, 2.05) is 34.0 Å². The van der Waals surface area contributed by atoms with Crippen molar-refractivity contribution in [2.75, 3.05) is 6.26 Å². The van der Waals surface area contributed by atoms with Crippen LogP contribution in [-0.4, -0.2) is 28.2 Å². The highest BCUT2D eigenvalue weighted by Gasteiger charge is 2.17. The van der Waals surface area contributed by atoms with E-state index in [9.17, 15) is 4.79 Å². The molecule has 0 fully saturated rings. The first-order valence-corrected chi connectivity index (χ1v) is 6.38. The number of aromatic nitrogens is 2. The number of rotatable bonds is 3. The van der Waals surface area contributed by atoms with Gasteiger partial charge in [0.05, 0.1) is 11.3 Å². The van der Waals surface area contributed by atoms with Gasteiger partial charge in [-0.25, -0.2) is 9.97 Å². The molecule has 0 unspecified atom stereocenters. The monoisotopic (exact) mass is 239 g/mol. The molecule has 0 atom stereocenters. The molecule has 5 heteroatoms. The van der Waals surface area contributed by atoms with Gasteiger partial charge in [-0.15, -0.1) is 11.8 Å². The lowest BCUT2D eigenvalue weighted by atomic mass is 10.2. The Hall–Kier alpha value is -1.10. The number of nitrogens with one attached hydrogen (secondary N) is 1. The molecule has 0 spiro atoms. The minimum atomic E-state index is -0.100. The van der Waals surface area contributed by atoms with Crippen molar-refractivity contribution in [2.45, 2.75) is 38.8 Å². The molecular weight excluding hydrogens is 222 g/mol. The highest BCUT2D eigenvalue weighted by molar-refractivity contribution is 7.98. The number of carbonyl (C=O) groups is 1. The van der Waals surface area contributed by atoms with Crippen LogP contribution in [0.15, 0.2) is 5.03 Å². The summed E-state index contributed by atoms with van der Waals surface area (Å²) in [5.41, 5.74) is 1.32. The Kier molecular flexibility index (Phi) is 4.29. The summed E-state index contributed by atoms with van der Waals surface area (Å²) in [6.07, 6.45) is 1.91. The Morgan fingerprint density at radius 2 is 1.94 bits per heavy atom. The summed E-state index contributed by atoms with van der Waals surface area (Å²) in [5.74, 6) is 0.597. The summed E-state index contributed by atoms with van der Waals surface area (Å²) < 4.78 is 0. The van der Waals surface area contributed by atoms with Gasteiger partial charge in [-0.05, 0) is 34.0 Å². The average Bonchev–Trinajstić information content (AvgIpc) is 2.14. The highest BCUT2D eigenvalue weighted by Crippen LogP contribution is 2.20. The fourth-order valence-electron chi connectivity index (χ4n) is 1.42. The van der Waals surface area contributed by atoms with E-state index in [-0.39, 0.29) is 11.9 Å². The van der Waals surface area contributed by atoms with E-state index in [2.05, 4.69) is 15.3 Å². The van der Waals surface area contributed by atoms with E-state index in [0.29, 0.717) is 11.4 Å². The summed E-state index contributed by atoms with van der Waals surface area (Å²) in [5, 5.41) is 3.60. The molecule has 0 saturated heterocycles. The van der Waals surface area contributed by atoms with E-state index < -0.39 is 0 Å². The number of carbonyl (C=O) groups excluding carboxylic acids is 1. The van der Waals surface area contributed by atoms with Gasteiger partial charge in [-0.3, -0.25) is 4.79 Å². The molecule has 1 aromatic heterocycles. The normalized spacial score (nSPS) is 10.6. The molecule has 88 valence electrons.